The van der Waals surface area contributed by atoms with Gasteiger partial charge in [-0.2, -0.15) is 11.8 Å². The highest BCUT2D eigenvalue weighted by molar-refractivity contribution is 8.00. The minimum Gasteiger partial charge on any atom is -0.293 e. The third-order valence-corrected chi connectivity index (χ3v) is 3.18. The van der Waals surface area contributed by atoms with Crippen LogP contribution in [0.15, 0.2) is 24.3 Å². The summed E-state index contributed by atoms with van der Waals surface area (Å²) in [6.45, 7) is 3.98. The van der Waals surface area contributed by atoms with Crippen molar-refractivity contribution in [3.05, 3.63) is 34.9 Å². The van der Waals surface area contributed by atoms with E-state index in [0.29, 0.717) is 10.6 Å². The number of hydrogen-bond donors (Lipinski definition) is 0. The van der Waals surface area contributed by atoms with Gasteiger partial charge in [-0.1, -0.05) is 30.7 Å². The summed E-state index contributed by atoms with van der Waals surface area (Å²) in [5, 5.41) is 0.628. The zero-order valence-electron chi connectivity index (χ0n) is 8.29. The van der Waals surface area contributed by atoms with E-state index in [4.69, 9.17) is 11.6 Å². The second-order valence-corrected chi connectivity index (χ2v) is 5.03. The van der Waals surface area contributed by atoms with Crippen LogP contribution in [0.1, 0.15) is 24.2 Å². The number of carbonyl (C=O) groups is 1. The van der Waals surface area contributed by atoms with Crippen molar-refractivity contribution in [2.45, 2.75) is 19.1 Å². The van der Waals surface area contributed by atoms with E-state index >= 15 is 0 Å². The fraction of sp³-hybridized carbons (Fsp3) is 0.364. The highest BCUT2D eigenvalue weighted by atomic mass is 35.5. The average Bonchev–Trinajstić information content (AvgIpc) is 2.17. The van der Waals surface area contributed by atoms with E-state index in [9.17, 15) is 4.79 Å². The van der Waals surface area contributed by atoms with Gasteiger partial charge in [-0.15, -0.1) is 0 Å². The van der Waals surface area contributed by atoms with Crippen molar-refractivity contribution in [2.24, 2.45) is 0 Å². The predicted molar refractivity (Wildman–Crippen MR) is 63.4 cm³/mol. The van der Waals surface area contributed by atoms with Gasteiger partial charge in [-0.3, -0.25) is 4.79 Å². The van der Waals surface area contributed by atoms with Crippen LogP contribution in [0.5, 0.6) is 0 Å². The molecule has 1 aromatic rings. The SMILES string of the molecule is CCSC(C)C(=O)c1cccc(Cl)c1. The first-order chi connectivity index (χ1) is 6.65. The normalized spacial score (nSPS) is 12.5. The summed E-state index contributed by atoms with van der Waals surface area (Å²) in [5.74, 6) is 1.10. The van der Waals surface area contributed by atoms with Crippen molar-refractivity contribution in [3.8, 4) is 0 Å². The third kappa shape index (κ3) is 3.03. The first-order valence-electron chi connectivity index (χ1n) is 4.56. The molecule has 0 aliphatic rings. The molecular weight excluding hydrogens is 216 g/mol. The Kier molecular flexibility index (Phi) is 4.49. The minimum absolute atomic E-state index is 0.0125. The van der Waals surface area contributed by atoms with Crippen molar-refractivity contribution in [2.75, 3.05) is 5.75 Å². The first-order valence-corrected chi connectivity index (χ1v) is 5.99. The standard InChI is InChI=1S/C11H13ClOS/c1-3-14-8(2)11(13)9-5-4-6-10(12)7-9/h4-8H,3H2,1-2H3. The van der Waals surface area contributed by atoms with E-state index in [1.165, 1.54) is 0 Å². The molecule has 0 radical (unpaired) electrons. The topological polar surface area (TPSA) is 17.1 Å². The summed E-state index contributed by atoms with van der Waals surface area (Å²) < 4.78 is 0. The molecule has 0 aliphatic heterocycles. The number of ketones is 1. The lowest BCUT2D eigenvalue weighted by Crippen LogP contribution is -2.13. The quantitative estimate of drug-likeness (QED) is 0.732. The summed E-state index contributed by atoms with van der Waals surface area (Å²) in [6.07, 6.45) is 0. The molecule has 0 saturated heterocycles. The molecule has 14 heavy (non-hydrogen) atoms. The summed E-state index contributed by atoms with van der Waals surface area (Å²) in [6, 6.07) is 7.10. The molecule has 0 heterocycles. The zero-order valence-corrected chi connectivity index (χ0v) is 9.86. The predicted octanol–water partition coefficient (Wildman–Crippen LogP) is 3.66. The van der Waals surface area contributed by atoms with Gasteiger partial charge in [0.05, 0.1) is 5.25 Å². The van der Waals surface area contributed by atoms with E-state index in [1.54, 1.807) is 36.0 Å². The van der Waals surface area contributed by atoms with Crippen molar-refractivity contribution in [1.82, 2.24) is 0 Å². The van der Waals surface area contributed by atoms with Gasteiger partial charge in [0.2, 0.25) is 0 Å². The van der Waals surface area contributed by atoms with E-state index in [2.05, 4.69) is 0 Å². The van der Waals surface area contributed by atoms with Gasteiger partial charge in [0.25, 0.3) is 0 Å². The van der Waals surface area contributed by atoms with Gasteiger partial charge in [0.15, 0.2) is 5.78 Å². The second kappa shape index (κ2) is 5.42. The van der Waals surface area contributed by atoms with E-state index in [0.717, 1.165) is 5.75 Å². The van der Waals surface area contributed by atoms with Gasteiger partial charge in [0, 0.05) is 10.6 Å². The lowest BCUT2D eigenvalue weighted by Gasteiger charge is -2.08. The third-order valence-electron chi connectivity index (χ3n) is 1.90. The molecule has 0 saturated carbocycles. The average molecular weight is 229 g/mol. The molecule has 1 unspecified atom stereocenters. The Hall–Kier alpha value is -0.470. The molecule has 1 nitrogen and oxygen atoms in total. The van der Waals surface area contributed by atoms with Crippen LogP contribution in [-0.2, 0) is 0 Å². The van der Waals surface area contributed by atoms with Crippen LogP contribution in [0.4, 0.5) is 0 Å². The smallest absolute Gasteiger partial charge is 0.175 e. The van der Waals surface area contributed by atoms with Crippen molar-refractivity contribution < 1.29 is 4.79 Å². The maximum absolute atomic E-state index is 11.8. The minimum atomic E-state index is 0.0125. The molecule has 0 aliphatic carbocycles. The van der Waals surface area contributed by atoms with Crippen LogP contribution >= 0.6 is 23.4 Å². The number of rotatable bonds is 4. The van der Waals surface area contributed by atoms with Gasteiger partial charge >= 0.3 is 0 Å². The van der Waals surface area contributed by atoms with Gasteiger partial charge in [-0.25, -0.2) is 0 Å². The summed E-state index contributed by atoms with van der Waals surface area (Å²) in [7, 11) is 0. The summed E-state index contributed by atoms with van der Waals surface area (Å²) in [4.78, 5) is 11.8. The molecule has 3 heteroatoms. The molecule has 0 bridgehead atoms. The molecule has 0 aromatic heterocycles. The molecule has 1 aromatic carbocycles. The number of hydrogen-bond acceptors (Lipinski definition) is 2. The highest BCUT2D eigenvalue weighted by Crippen LogP contribution is 2.18. The zero-order chi connectivity index (χ0) is 10.6. The fourth-order valence-corrected chi connectivity index (χ4v) is 2.18. The summed E-state index contributed by atoms with van der Waals surface area (Å²) in [5.41, 5.74) is 0.700. The Labute approximate surface area is 93.8 Å². The largest absolute Gasteiger partial charge is 0.293 e. The van der Waals surface area contributed by atoms with Crippen molar-refractivity contribution >= 4 is 29.1 Å². The Morgan fingerprint density at radius 2 is 2.29 bits per heavy atom. The number of carbonyl (C=O) groups excluding carboxylic acids is 1. The van der Waals surface area contributed by atoms with Crippen LogP contribution in [0.25, 0.3) is 0 Å². The number of benzene rings is 1. The molecular formula is C11H13ClOS. The number of halogens is 1. The van der Waals surface area contributed by atoms with Gasteiger partial charge in [-0.05, 0) is 24.8 Å². The van der Waals surface area contributed by atoms with Crippen LogP contribution in [0.2, 0.25) is 5.02 Å². The fourth-order valence-electron chi connectivity index (χ4n) is 1.20. The maximum atomic E-state index is 11.8. The maximum Gasteiger partial charge on any atom is 0.175 e. The van der Waals surface area contributed by atoms with Crippen LogP contribution in [0.3, 0.4) is 0 Å². The molecule has 0 fully saturated rings. The van der Waals surface area contributed by atoms with E-state index < -0.39 is 0 Å². The van der Waals surface area contributed by atoms with Crippen LogP contribution < -0.4 is 0 Å². The Bertz CT molecular complexity index is 325. The van der Waals surface area contributed by atoms with E-state index in [1.807, 2.05) is 13.8 Å². The molecule has 1 rings (SSSR count). The van der Waals surface area contributed by atoms with Gasteiger partial charge in [0.1, 0.15) is 0 Å². The molecule has 0 N–H and O–H groups in total. The van der Waals surface area contributed by atoms with Crippen molar-refractivity contribution in [1.29, 1.82) is 0 Å². The molecule has 0 spiro atoms. The van der Waals surface area contributed by atoms with Gasteiger partial charge < -0.3 is 0 Å². The van der Waals surface area contributed by atoms with Crippen LogP contribution in [0, 0.1) is 0 Å². The molecule has 76 valence electrons. The van der Waals surface area contributed by atoms with E-state index in [-0.39, 0.29) is 11.0 Å². The second-order valence-electron chi connectivity index (χ2n) is 2.97. The van der Waals surface area contributed by atoms with Crippen molar-refractivity contribution in [3.63, 3.8) is 0 Å². The number of Topliss-reactive ketones (excluding diaryl/α,β-unsaturated/α-hetero) is 1. The number of thioether (sulfide) groups is 1. The highest BCUT2D eigenvalue weighted by Gasteiger charge is 2.14. The molecule has 0 amide bonds. The lowest BCUT2D eigenvalue weighted by atomic mass is 10.1. The Morgan fingerprint density at radius 1 is 1.57 bits per heavy atom. The Morgan fingerprint density at radius 3 is 2.86 bits per heavy atom. The monoisotopic (exact) mass is 228 g/mol. The lowest BCUT2D eigenvalue weighted by molar-refractivity contribution is 0.0994. The first kappa shape index (κ1) is 11.6. The Balaban J connectivity index is 2.78. The van der Waals surface area contributed by atoms with Crippen LogP contribution in [-0.4, -0.2) is 16.8 Å². The molecule has 1 atom stereocenters. The summed E-state index contributed by atoms with van der Waals surface area (Å²) >= 11 is 7.46.